The van der Waals surface area contributed by atoms with Gasteiger partial charge in [0, 0.05) is 6.42 Å². The Morgan fingerprint density at radius 3 is 1.45 bits per heavy atom. The third-order valence-electron chi connectivity index (χ3n) is 2.49. The van der Waals surface area contributed by atoms with E-state index in [0.29, 0.717) is 6.42 Å². The molecule has 0 bridgehead atoms. The van der Waals surface area contributed by atoms with E-state index < -0.39 is 16.4 Å². The Balaban J connectivity index is -0.000000414. The quantitative estimate of drug-likeness (QED) is 0.323. The van der Waals surface area contributed by atoms with Crippen LogP contribution in [0.3, 0.4) is 0 Å². The molecule has 0 aromatic rings. The van der Waals surface area contributed by atoms with Gasteiger partial charge in [0.05, 0.1) is 0 Å². The molecule has 0 saturated carbocycles. The van der Waals surface area contributed by atoms with Gasteiger partial charge in [-0.3, -0.25) is 13.9 Å². The van der Waals surface area contributed by atoms with Crippen LogP contribution in [0.15, 0.2) is 0 Å². The Kier molecular flexibility index (Phi) is 21.5. The minimum atomic E-state index is -4.67. The van der Waals surface area contributed by atoms with Gasteiger partial charge in [-0.2, -0.15) is 8.42 Å². The molecule has 0 aliphatic heterocycles. The van der Waals surface area contributed by atoms with Crippen molar-refractivity contribution >= 4 is 39.4 Å². The Morgan fingerprint density at radius 2 is 1.15 bits per heavy atom. The molecule has 0 unspecified atom stereocenters. The SMILES string of the molecule is CCCCCCCCCCCC(=O)O.O=S(=O)(O)O.[MgH2]. The predicted octanol–water partition coefficient (Wildman–Crippen LogP) is 2.42. The van der Waals surface area contributed by atoms with E-state index in [4.69, 9.17) is 22.6 Å². The molecule has 0 atom stereocenters. The molecule has 6 nitrogen and oxygen atoms in total. The van der Waals surface area contributed by atoms with Gasteiger partial charge in [-0.05, 0) is 6.42 Å². The van der Waals surface area contributed by atoms with Crippen LogP contribution in [-0.2, 0) is 15.2 Å². The number of unbranched alkanes of at least 4 members (excludes halogenated alkanes) is 8. The maximum atomic E-state index is 10.2. The van der Waals surface area contributed by atoms with Gasteiger partial charge in [0.25, 0.3) is 0 Å². The highest BCUT2D eigenvalue weighted by Crippen LogP contribution is 2.10. The van der Waals surface area contributed by atoms with E-state index in [1.54, 1.807) is 0 Å². The maximum Gasteiger partial charge on any atom is 0.394 e. The molecule has 120 valence electrons. The van der Waals surface area contributed by atoms with E-state index in [-0.39, 0.29) is 23.1 Å². The summed E-state index contributed by atoms with van der Waals surface area (Å²) in [4.78, 5) is 10.2. The normalized spacial score (nSPS) is 10.2. The smallest absolute Gasteiger partial charge is 0.394 e. The zero-order valence-electron chi connectivity index (χ0n) is 11.5. The summed E-state index contributed by atoms with van der Waals surface area (Å²) in [6, 6.07) is 0. The lowest BCUT2D eigenvalue weighted by molar-refractivity contribution is -0.137. The van der Waals surface area contributed by atoms with E-state index in [0.717, 1.165) is 12.8 Å². The summed E-state index contributed by atoms with van der Waals surface area (Å²) in [6.07, 6.45) is 11.5. The number of rotatable bonds is 10. The molecule has 8 heteroatoms. The van der Waals surface area contributed by atoms with Crippen molar-refractivity contribution < 1.29 is 27.4 Å². The fraction of sp³-hybridized carbons (Fsp3) is 0.917. The van der Waals surface area contributed by atoms with Crippen LogP contribution in [0.1, 0.15) is 71.1 Å². The molecule has 0 rings (SSSR count). The van der Waals surface area contributed by atoms with E-state index >= 15 is 0 Å². The van der Waals surface area contributed by atoms with Crippen molar-refractivity contribution in [1.82, 2.24) is 0 Å². The molecule has 0 aliphatic rings. The molecule has 0 heterocycles. The molecule has 0 aliphatic carbocycles. The van der Waals surface area contributed by atoms with Crippen LogP contribution >= 0.6 is 0 Å². The number of carboxylic acid groups (broad SMARTS) is 1. The second-order valence-electron chi connectivity index (χ2n) is 4.42. The van der Waals surface area contributed by atoms with Crippen molar-refractivity contribution in [2.75, 3.05) is 0 Å². The van der Waals surface area contributed by atoms with Crippen molar-refractivity contribution in [3.05, 3.63) is 0 Å². The molecular weight excluding hydrogens is 296 g/mol. The standard InChI is InChI=1S/C12H24O2.Mg.H2O4S.2H/c1-2-3-4-5-6-7-8-9-10-11-12(13)14;;1-5(2,3)4;;/h2-11H2,1H3,(H,13,14);;(H2,1,2,3,4);;. The summed E-state index contributed by atoms with van der Waals surface area (Å²) in [5, 5.41) is 8.41. The minimum Gasteiger partial charge on any atom is -0.481 e. The lowest BCUT2D eigenvalue weighted by atomic mass is 10.1. The van der Waals surface area contributed by atoms with Gasteiger partial charge in [-0.1, -0.05) is 58.3 Å². The summed E-state index contributed by atoms with van der Waals surface area (Å²) < 4.78 is 31.6. The molecule has 20 heavy (non-hydrogen) atoms. The number of hydrogen-bond donors (Lipinski definition) is 3. The first kappa shape index (κ1) is 25.1. The first-order valence-corrected chi connectivity index (χ1v) is 8.08. The fourth-order valence-electron chi connectivity index (χ4n) is 1.59. The Bertz CT molecular complexity index is 297. The molecule has 3 N–H and O–H groups in total. The van der Waals surface area contributed by atoms with E-state index in [1.807, 2.05) is 0 Å². The number of hydrogen-bond acceptors (Lipinski definition) is 3. The third-order valence-corrected chi connectivity index (χ3v) is 2.49. The Labute approximate surface area is 138 Å². The van der Waals surface area contributed by atoms with Crippen molar-refractivity contribution in [1.29, 1.82) is 0 Å². The van der Waals surface area contributed by atoms with Gasteiger partial charge in [-0.25, -0.2) is 0 Å². The zero-order chi connectivity index (χ0) is 15.1. The first-order valence-electron chi connectivity index (χ1n) is 6.69. The average molecular weight is 325 g/mol. The van der Waals surface area contributed by atoms with Crippen LogP contribution in [-0.4, -0.2) is 51.7 Å². The molecule has 0 saturated heterocycles. The van der Waals surface area contributed by atoms with Crippen LogP contribution in [0.5, 0.6) is 0 Å². The summed E-state index contributed by atoms with van der Waals surface area (Å²) >= 11 is 0. The van der Waals surface area contributed by atoms with Crippen molar-refractivity contribution in [2.45, 2.75) is 71.1 Å². The molecule has 0 amide bonds. The van der Waals surface area contributed by atoms with Gasteiger partial charge in [-0.15, -0.1) is 0 Å². The molecule has 0 fully saturated rings. The van der Waals surface area contributed by atoms with E-state index in [2.05, 4.69) is 6.92 Å². The molecular formula is C12H28MgO6S. The summed E-state index contributed by atoms with van der Waals surface area (Å²) in [7, 11) is -4.67. The van der Waals surface area contributed by atoms with Crippen LogP contribution in [0.2, 0.25) is 0 Å². The molecule has 0 radical (unpaired) electrons. The van der Waals surface area contributed by atoms with Crippen molar-refractivity contribution in [3.63, 3.8) is 0 Å². The van der Waals surface area contributed by atoms with Crippen molar-refractivity contribution in [3.8, 4) is 0 Å². The number of carbonyl (C=O) groups is 1. The minimum absolute atomic E-state index is 0. The van der Waals surface area contributed by atoms with Crippen LogP contribution in [0.25, 0.3) is 0 Å². The summed E-state index contributed by atoms with van der Waals surface area (Å²) in [5.41, 5.74) is 0. The van der Waals surface area contributed by atoms with Crippen LogP contribution < -0.4 is 0 Å². The first-order chi connectivity index (χ1) is 8.77. The van der Waals surface area contributed by atoms with Gasteiger partial charge in [0.15, 0.2) is 0 Å². The van der Waals surface area contributed by atoms with E-state index in [1.165, 1.54) is 44.9 Å². The Morgan fingerprint density at radius 1 is 0.850 bits per heavy atom. The highest BCUT2D eigenvalue weighted by molar-refractivity contribution is 7.79. The summed E-state index contributed by atoms with van der Waals surface area (Å²) in [5.74, 6) is -0.659. The zero-order valence-corrected chi connectivity index (χ0v) is 12.4. The fourth-order valence-corrected chi connectivity index (χ4v) is 1.59. The second-order valence-corrected chi connectivity index (χ2v) is 5.32. The molecule has 0 aromatic carbocycles. The largest absolute Gasteiger partial charge is 0.481 e. The Hall–Kier alpha value is 0.106. The second kappa shape index (κ2) is 17.2. The lowest BCUT2D eigenvalue weighted by Gasteiger charge is -2.00. The number of carboxylic acids is 1. The lowest BCUT2D eigenvalue weighted by Crippen LogP contribution is -1.93. The maximum absolute atomic E-state index is 10.2. The van der Waals surface area contributed by atoms with Crippen LogP contribution in [0.4, 0.5) is 0 Å². The van der Waals surface area contributed by atoms with Gasteiger partial charge >= 0.3 is 39.4 Å². The average Bonchev–Trinajstić information content (AvgIpc) is 2.24. The molecule has 0 spiro atoms. The topological polar surface area (TPSA) is 112 Å². The van der Waals surface area contributed by atoms with Gasteiger partial charge in [0.1, 0.15) is 0 Å². The van der Waals surface area contributed by atoms with Crippen LogP contribution in [0, 0.1) is 0 Å². The van der Waals surface area contributed by atoms with Gasteiger partial charge in [0.2, 0.25) is 0 Å². The highest BCUT2D eigenvalue weighted by atomic mass is 32.3. The van der Waals surface area contributed by atoms with Crippen molar-refractivity contribution in [2.24, 2.45) is 0 Å². The number of aliphatic carboxylic acids is 1. The third kappa shape index (κ3) is 43.0. The van der Waals surface area contributed by atoms with Gasteiger partial charge < -0.3 is 5.11 Å². The van der Waals surface area contributed by atoms with E-state index in [9.17, 15) is 4.79 Å². The molecule has 0 aromatic heterocycles. The highest BCUT2D eigenvalue weighted by Gasteiger charge is 1.96. The monoisotopic (exact) mass is 324 g/mol. The summed E-state index contributed by atoms with van der Waals surface area (Å²) in [6.45, 7) is 2.23. The predicted molar refractivity (Wildman–Crippen MR) is 82.2 cm³/mol.